The van der Waals surface area contributed by atoms with Crippen LogP contribution in [-0.2, 0) is 4.74 Å². The Kier molecular flexibility index (Phi) is 3.38. The molecular formula is C16H16O3. The number of ether oxygens (including phenoxy) is 2. The zero-order valence-corrected chi connectivity index (χ0v) is 10.5. The largest absolute Gasteiger partial charge is 0.508 e. The minimum absolute atomic E-state index is 0.0155. The highest BCUT2D eigenvalue weighted by molar-refractivity contribution is 5.31. The van der Waals surface area contributed by atoms with Crippen LogP contribution in [0, 0.1) is 0 Å². The van der Waals surface area contributed by atoms with Gasteiger partial charge in [0.15, 0.2) is 0 Å². The predicted molar refractivity (Wildman–Crippen MR) is 72.3 cm³/mol. The summed E-state index contributed by atoms with van der Waals surface area (Å²) in [5.74, 6) is 1.00. The van der Waals surface area contributed by atoms with Gasteiger partial charge >= 0.3 is 0 Å². The van der Waals surface area contributed by atoms with Crippen molar-refractivity contribution in [2.45, 2.75) is 18.6 Å². The summed E-state index contributed by atoms with van der Waals surface area (Å²) in [5.41, 5.74) is 1.14. The van der Waals surface area contributed by atoms with Gasteiger partial charge in [0.2, 0.25) is 0 Å². The van der Waals surface area contributed by atoms with Crippen molar-refractivity contribution in [1.29, 1.82) is 0 Å². The molecule has 0 spiro atoms. The molecule has 2 aromatic rings. The standard InChI is InChI=1S/C16H16O3/c17-13-6-8-14(9-7-13)19-16(10-15-11-18-15)12-4-2-1-3-5-12/h1-9,15-17H,10-11H2. The number of rotatable bonds is 5. The third-order valence-electron chi connectivity index (χ3n) is 3.17. The molecule has 0 saturated carbocycles. The second-order valence-corrected chi connectivity index (χ2v) is 4.70. The molecule has 0 radical (unpaired) electrons. The summed E-state index contributed by atoms with van der Waals surface area (Å²) in [6.07, 6.45) is 1.14. The SMILES string of the molecule is Oc1ccc(OC(CC2CO2)c2ccccc2)cc1. The molecule has 98 valence electrons. The van der Waals surface area contributed by atoms with Crippen molar-refractivity contribution in [1.82, 2.24) is 0 Å². The van der Waals surface area contributed by atoms with Crippen molar-refractivity contribution in [3.05, 3.63) is 60.2 Å². The van der Waals surface area contributed by atoms with Gasteiger partial charge in [-0.15, -0.1) is 0 Å². The van der Waals surface area contributed by atoms with Gasteiger partial charge in [0.05, 0.1) is 12.7 Å². The second kappa shape index (κ2) is 5.33. The van der Waals surface area contributed by atoms with E-state index in [-0.39, 0.29) is 11.9 Å². The van der Waals surface area contributed by atoms with Crippen LogP contribution in [0.1, 0.15) is 18.1 Å². The molecule has 1 N–H and O–H groups in total. The van der Waals surface area contributed by atoms with E-state index in [1.165, 1.54) is 0 Å². The summed E-state index contributed by atoms with van der Waals surface area (Å²) in [5, 5.41) is 9.29. The molecule has 0 aromatic heterocycles. The number of benzene rings is 2. The maximum absolute atomic E-state index is 9.29. The monoisotopic (exact) mass is 256 g/mol. The highest BCUT2D eigenvalue weighted by Gasteiger charge is 2.28. The fourth-order valence-corrected chi connectivity index (χ4v) is 2.05. The predicted octanol–water partition coefficient (Wildman–Crippen LogP) is 3.30. The van der Waals surface area contributed by atoms with Crippen LogP contribution in [0.2, 0.25) is 0 Å². The lowest BCUT2D eigenvalue weighted by molar-refractivity contribution is 0.179. The van der Waals surface area contributed by atoms with E-state index in [9.17, 15) is 5.11 Å². The molecule has 1 fully saturated rings. The Labute approximate surface area is 112 Å². The van der Waals surface area contributed by atoms with Gasteiger partial charge in [-0.25, -0.2) is 0 Å². The first-order chi connectivity index (χ1) is 9.31. The average molecular weight is 256 g/mol. The number of epoxide rings is 1. The Balaban J connectivity index is 1.77. The third kappa shape index (κ3) is 3.26. The van der Waals surface area contributed by atoms with Crippen LogP contribution in [0.3, 0.4) is 0 Å². The molecule has 3 heteroatoms. The van der Waals surface area contributed by atoms with Crippen LogP contribution < -0.4 is 4.74 Å². The van der Waals surface area contributed by atoms with Crippen LogP contribution in [0.4, 0.5) is 0 Å². The summed E-state index contributed by atoms with van der Waals surface area (Å²) in [6, 6.07) is 17.0. The van der Waals surface area contributed by atoms with Crippen molar-refractivity contribution in [3.63, 3.8) is 0 Å². The molecule has 1 aliphatic rings. The first-order valence-electron chi connectivity index (χ1n) is 6.43. The Bertz CT molecular complexity index is 517. The fraction of sp³-hybridized carbons (Fsp3) is 0.250. The van der Waals surface area contributed by atoms with Gasteiger partial charge in [-0.1, -0.05) is 30.3 Å². The summed E-state index contributed by atoms with van der Waals surface area (Å²) in [6.45, 7) is 0.822. The van der Waals surface area contributed by atoms with Gasteiger partial charge in [-0.3, -0.25) is 0 Å². The van der Waals surface area contributed by atoms with Crippen LogP contribution in [0.15, 0.2) is 54.6 Å². The molecule has 1 heterocycles. The van der Waals surface area contributed by atoms with Crippen LogP contribution in [-0.4, -0.2) is 17.8 Å². The maximum atomic E-state index is 9.29. The molecule has 0 aliphatic carbocycles. The normalized spacial score (nSPS) is 18.8. The van der Waals surface area contributed by atoms with Gasteiger partial charge in [0.25, 0.3) is 0 Å². The topological polar surface area (TPSA) is 42.0 Å². The molecule has 0 amide bonds. The van der Waals surface area contributed by atoms with E-state index in [1.807, 2.05) is 18.2 Å². The summed E-state index contributed by atoms with van der Waals surface area (Å²) in [7, 11) is 0. The van der Waals surface area contributed by atoms with E-state index < -0.39 is 0 Å². The summed E-state index contributed by atoms with van der Waals surface area (Å²) in [4.78, 5) is 0. The van der Waals surface area contributed by atoms with E-state index in [0.717, 1.165) is 24.3 Å². The van der Waals surface area contributed by atoms with Gasteiger partial charge in [-0.05, 0) is 29.8 Å². The second-order valence-electron chi connectivity index (χ2n) is 4.70. The molecule has 2 atom stereocenters. The van der Waals surface area contributed by atoms with Crippen molar-refractivity contribution in [2.24, 2.45) is 0 Å². The molecule has 1 aliphatic heterocycles. The van der Waals surface area contributed by atoms with Crippen molar-refractivity contribution >= 4 is 0 Å². The van der Waals surface area contributed by atoms with Crippen molar-refractivity contribution in [2.75, 3.05) is 6.61 Å². The number of phenols is 1. The minimum atomic E-state index is -0.0155. The number of hydrogen-bond donors (Lipinski definition) is 1. The number of hydrogen-bond acceptors (Lipinski definition) is 3. The van der Waals surface area contributed by atoms with Gasteiger partial charge in [0.1, 0.15) is 17.6 Å². The Morgan fingerprint density at radius 1 is 1.11 bits per heavy atom. The lowest BCUT2D eigenvalue weighted by atomic mass is 10.0. The molecule has 2 aromatic carbocycles. The third-order valence-corrected chi connectivity index (χ3v) is 3.17. The molecule has 3 nitrogen and oxygen atoms in total. The Hall–Kier alpha value is -2.00. The molecule has 0 bridgehead atoms. The Morgan fingerprint density at radius 3 is 2.42 bits per heavy atom. The van der Waals surface area contributed by atoms with Gasteiger partial charge < -0.3 is 14.6 Å². The van der Waals surface area contributed by atoms with Crippen LogP contribution in [0.25, 0.3) is 0 Å². The number of aromatic hydroxyl groups is 1. The minimum Gasteiger partial charge on any atom is -0.508 e. The fourth-order valence-electron chi connectivity index (χ4n) is 2.05. The average Bonchev–Trinajstić information content (AvgIpc) is 3.26. The zero-order chi connectivity index (χ0) is 13.1. The lowest BCUT2D eigenvalue weighted by Crippen LogP contribution is -2.10. The molecule has 1 saturated heterocycles. The van der Waals surface area contributed by atoms with E-state index in [1.54, 1.807) is 24.3 Å². The first kappa shape index (κ1) is 12.1. The summed E-state index contributed by atoms with van der Waals surface area (Å²) < 4.78 is 11.3. The lowest BCUT2D eigenvalue weighted by Gasteiger charge is -2.19. The van der Waals surface area contributed by atoms with Crippen LogP contribution in [0.5, 0.6) is 11.5 Å². The van der Waals surface area contributed by atoms with Crippen molar-refractivity contribution < 1.29 is 14.6 Å². The van der Waals surface area contributed by atoms with E-state index in [4.69, 9.17) is 9.47 Å². The van der Waals surface area contributed by atoms with E-state index >= 15 is 0 Å². The van der Waals surface area contributed by atoms with E-state index in [0.29, 0.717) is 6.10 Å². The quantitative estimate of drug-likeness (QED) is 0.834. The summed E-state index contributed by atoms with van der Waals surface area (Å²) >= 11 is 0. The maximum Gasteiger partial charge on any atom is 0.126 e. The van der Waals surface area contributed by atoms with E-state index in [2.05, 4.69) is 12.1 Å². The molecule has 3 rings (SSSR count). The van der Waals surface area contributed by atoms with Gasteiger partial charge in [0, 0.05) is 6.42 Å². The number of phenolic OH excluding ortho intramolecular Hbond substituents is 1. The molecule has 2 unspecified atom stereocenters. The zero-order valence-electron chi connectivity index (χ0n) is 10.5. The van der Waals surface area contributed by atoms with Gasteiger partial charge in [-0.2, -0.15) is 0 Å². The highest BCUT2D eigenvalue weighted by atomic mass is 16.6. The molecule has 19 heavy (non-hydrogen) atoms. The van der Waals surface area contributed by atoms with Crippen LogP contribution >= 0.6 is 0 Å². The smallest absolute Gasteiger partial charge is 0.126 e. The van der Waals surface area contributed by atoms with Crippen molar-refractivity contribution in [3.8, 4) is 11.5 Å². The molecular weight excluding hydrogens is 240 g/mol. The first-order valence-corrected chi connectivity index (χ1v) is 6.43. The highest BCUT2D eigenvalue weighted by Crippen LogP contribution is 2.30. The Morgan fingerprint density at radius 2 is 1.79 bits per heavy atom.